The molecule has 3 heterocycles. The van der Waals surface area contributed by atoms with Crippen molar-refractivity contribution in [3.8, 4) is 0 Å². The lowest BCUT2D eigenvalue weighted by molar-refractivity contribution is 1.27. The molecule has 0 atom stereocenters. The van der Waals surface area contributed by atoms with Gasteiger partial charge in [-0.05, 0) is 12.1 Å². The highest BCUT2D eigenvalue weighted by Crippen LogP contribution is 2.36. The zero-order valence-electron chi connectivity index (χ0n) is 7.36. The molecule has 0 unspecified atom stereocenters. The van der Waals surface area contributed by atoms with Crippen LogP contribution in [0.2, 0.25) is 0 Å². The zero-order valence-corrected chi connectivity index (χ0v) is 7.36. The first-order valence-electron chi connectivity index (χ1n) is 4.35. The quantitative estimate of drug-likeness (QED) is 0.562. The van der Waals surface area contributed by atoms with E-state index < -0.39 is 0 Å². The Bertz CT molecular complexity index is 394. The molecule has 0 fully saturated rings. The summed E-state index contributed by atoms with van der Waals surface area (Å²) < 4.78 is 0. The molecule has 1 aliphatic rings. The largest absolute Gasteiger partial charge is 0.352 e. The standard InChI is InChI=1S/C10H8N4/c1-3-11-5-9-7(1)13-8-2-4-12-6-10(8)14-9/h1-6,13-14H. The van der Waals surface area contributed by atoms with Crippen molar-refractivity contribution in [2.75, 3.05) is 10.6 Å². The summed E-state index contributed by atoms with van der Waals surface area (Å²) in [5.41, 5.74) is 4.04. The molecule has 0 spiro atoms. The fourth-order valence-electron chi connectivity index (χ4n) is 1.50. The SMILES string of the molecule is c1cc2c(cn1)Nc1cnccc1N2. The van der Waals surface area contributed by atoms with Crippen LogP contribution in [0.4, 0.5) is 22.7 Å². The van der Waals surface area contributed by atoms with Crippen molar-refractivity contribution in [2.24, 2.45) is 0 Å². The Morgan fingerprint density at radius 2 is 1.21 bits per heavy atom. The Balaban J connectivity index is 2.12. The lowest BCUT2D eigenvalue weighted by Crippen LogP contribution is -2.06. The summed E-state index contributed by atoms with van der Waals surface area (Å²) in [6.45, 7) is 0. The first-order valence-corrected chi connectivity index (χ1v) is 4.35. The third kappa shape index (κ3) is 1.01. The molecule has 2 aromatic heterocycles. The van der Waals surface area contributed by atoms with Gasteiger partial charge in [-0.3, -0.25) is 9.97 Å². The lowest BCUT2D eigenvalue weighted by Gasteiger charge is -2.21. The van der Waals surface area contributed by atoms with E-state index in [4.69, 9.17) is 0 Å². The molecular weight excluding hydrogens is 176 g/mol. The molecule has 3 rings (SSSR count). The second-order valence-corrected chi connectivity index (χ2v) is 3.09. The van der Waals surface area contributed by atoms with Crippen molar-refractivity contribution in [3.63, 3.8) is 0 Å². The number of aromatic nitrogens is 2. The summed E-state index contributed by atoms with van der Waals surface area (Å²) in [6.07, 6.45) is 7.11. The number of nitrogens with zero attached hydrogens (tertiary/aromatic N) is 2. The maximum atomic E-state index is 4.05. The number of hydrogen-bond acceptors (Lipinski definition) is 4. The summed E-state index contributed by atoms with van der Waals surface area (Å²) >= 11 is 0. The van der Waals surface area contributed by atoms with Crippen LogP contribution in [-0.4, -0.2) is 9.97 Å². The van der Waals surface area contributed by atoms with Gasteiger partial charge in [0.25, 0.3) is 0 Å². The Kier molecular flexibility index (Phi) is 1.41. The highest BCUT2D eigenvalue weighted by Gasteiger charge is 2.12. The number of nitrogens with one attached hydrogen (secondary N) is 2. The number of pyridine rings is 2. The minimum atomic E-state index is 0.980. The maximum Gasteiger partial charge on any atom is 0.0810 e. The van der Waals surface area contributed by atoms with Gasteiger partial charge in [0.2, 0.25) is 0 Å². The van der Waals surface area contributed by atoms with Crippen LogP contribution in [0.1, 0.15) is 0 Å². The van der Waals surface area contributed by atoms with Crippen molar-refractivity contribution < 1.29 is 0 Å². The van der Waals surface area contributed by atoms with Crippen LogP contribution >= 0.6 is 0 Å². The van der Waals surface area contributed by atoms with Gasteiger partial charge in [-0.2, -0.15) is 0 Å². The van der Waals surface area contributed by atoms with Gasteiger partial charge in [-0.15, -0.1) is 0 Å². The van der Waals surface area contributed by atoms with Gasteiger partial charge in [0, 0.05) is 12.4 Å². The van der Waals surface area contributed by atoms with Crippen LogP contribution in [0, 0.1) is 0 Å². The van der Waals surface area contributed by atoms with E-state index in [0.717, 1.165) is 22.7 Å². The molecule has 0 bridgehead atoms. The summed E-state index contributed by atoms with van der Waals surface area (Å²) in [6, 6.07) is 3.87. The van der Waals surface area contributed by atoms with Crippen LogP contribution in [-0.2, 0) is 0 Å². The van der Waals surface area contributed by atoms with E-state index in [-0.39, 0.29) is 0 Å². The molecule has 0 saturated heterocycles. The van der Waals surface area contributed by atoms with Gasteiger partial charge in [0.1, 0.15) is 0 Å². The molecule has 2 aromatic rings. The Morgan fingerprint density at radius 1 is 0.714 bits per heavy atom. The van der Waals surface area contributed by atoms with Crippen molar-refractivity contribution in [1.29, 1.82) is 0 Å². The van der Waals surface area contributed by atoms with Gasteiger partial charge >= 0.3 is 0 Å². The highest BCUT2D eigenvalue weighted by atomic mass is 15.1. The third-order valence-corrected chi connectivity index (χ3v) is 2.18. The van der Waals surface area contributed by atoms with E-state index in [9.17, 15) is 0 Å². The molecule has 0 amide bonds. The first kappa shape index (κ1) is 7.32. The van der Waals surface area contributed by atoms with E-state index in [0.29, 0.717) is 0 Å². The molecule has 14 heavy (non-hydrogen) atoms. The Labute approximate surface area is 81.0 Å². The van der Waals surface area contributed by atoms with E-state index >= 15 is 0 Å². The average molecular weight is 184 g/mol. The van der Waals surface area contributed by atoms with E-state index in [2.05, 4.69) is 20.6 Å². The van der Waals surface area contributed by atoms with Crippen LogP contribution in [0.3, 0.4) is 0 Å². The average Bonchev–Trinajstić information content (AvgIpc) is 2.26. The van der Waals surface area contributed by atoms with Gasteiger partial charge in [0.05, 0.1) is 35.1 Å². The number of anilines is 4. The minimum Gasteiger partial charge on any atom is -0.352 e. The van der Waals surface area contributed by atoms with Crippen LogP contribution < -0.4 is 10.6 Å². The molecule has 4 nitrogen and oxygen atoms in total. The van der Waals surface area contributed by atoms with E-state index in [1.165, 1.54) is 0 Å². The molecule has 68 valence electrons. The van der Waals surface area contributed by atoms with Gasteiger partial charge in [-0.25, -0.2) is 0 Å². The van der Waals surface area contributed by atoms with Crippen molar-refractivity contribution in [3.05, 3.63) is 36.9 Å². The lowest BCUT2D eigenvalue weighted by atomic mass is 10.2. The predicted octanol–water partition coefficient (Wildman–Crippen LogP) is 2.28. The molecule has 0 radical (unpaired) electrons. The fraction of sp³-hybridized carbons (Fsp3) is 0. The normalized spacial score (nSPS) is 12.0. The van der Waals surface area contributed by atoms with Gasteiger partial charge in [0.15, 0.2) is 0 Å². The monoisotopic (exact) mass is 184 g/mol. The summed E-state index contributed by atoms with van der Waals surface area (Å²) in [4.78, 5) is 8.10. The molecule has 2 N–H and O–H groups in total. The van der Waals surface area contributed by atoms with Crippen LogP contribution in [0.25, 0.3) is 0 Å². The second kappa shape index (κ2) is 2.70. The van der Waals surface area contributed by atoms with Crippen LogP contribution in [0.15, 0.2) is 36.9 Å². The smallest absolute Gasteiger partial charge is 0.0810 e. The van der Waals surface area contributed by atoms with Crippen molar-refractivity contribution in [2.45, 2.75) is 0 Å². The maximum absolute atomic E-state index is 4.05. The first-order chi connectivity index (χ1) is 6.93. The number of hydrogen-bond donors (Lipinski definition) is 2. The topological polar surface area (TPSA) is 49.8 Å². The minimum absolute atomic E-state index is 0.980. The van der Waals surface area contributed by atoms with Gasteiger partial charge < -0.3 is 10.6 Å². The fourth-order valence-corrected chi connectivity index (χ4v) is 1.50. The van der Waals surface area contributed by atoms with Crippen LogP contribution in [0.5, 0.6) is 0 Å². The third-order valence-electron chi connectivity index (χ3n) is 2.18. The van der Waals surface area contributed by atoms with Crippen molar-refractivity contribution in [1.82, 2.24) is 9.97 Å². The molecular formula is C10H8N4. The summed E-state index contributed by atoms with van der Waals surface area (Å²) in [7, 11) is 0. The molecule has 0 saturated carbocycles. The van der Waals surface area contributed by atoms with Crippen molar-refractivity contribution >= 4 is 22.7 Å². The number of fused-ring (bicyclic) bond motifs is 2. The molecule has 0 aromatic carbocycles. The zero-order chi connectivity index (χ0) is 9.38. The van der Waals surface area contributed by atoms with E-state index in [1.807, 2.05) is 12.1 Å². The number of rotatable bonds is 0. The summed E-state index contributed by atoms with van der Waals surface area (Å²) in [5, 5.41) is 6.55. The Hall–Kier alpha value is -2.10. The second-order valence-electron chi connectivity index (χ2n) is 3.09. The molecule has 4 heteroatoms. The Morgan fingerprint density at radius 3 is 1.79 bits per heavy atom. The predicted molar refractivity (Wildman–Crippen MR) is 55.0 cm³/mol. The van der Waals surface area contributed by atoms with Gasteiger partial charge in [-0.1, -0.05) is 0 Å². The highest BCUT2D eigenvalue weighted by molar-refractivity contribution is 5.88. The molecule has 1 aliphatic heterocycles. The van der Waals surface area contributed by atoms with E-state index in [1.54, 1.807) is 24.8 Å². The molecule has 0 aliphatic carbocycles. The summed E-state index contributed by atoms with van der Waals surface area (Å²) in [5.74, 6) is 0.